The molecule has 1 aliphatic carbocycles. The predicted octanol–water partition coefficient (Wildman–Crippen LogP) is 5.60. The third-order valence-corrected chi connectivity index (χ3v) is 7.65. The SMILES string of the molecule is O=C(CC1CCCCC1)N(CCN1CCC(c2ccc3c(c2)OCO3)CC1)c1ccccc1. The molecule has 3 aliphatic rings. The van der Waals surface area contributed by atoms with E-state index in [0.29, 0.717) is 31.0 Å². The van der Waals surface area contributed by atoms with Gasteiger partial charge in [0, 0.05) is 25.2 Å². The number of benzene rings is 2. The van der Waals surface area contributed by atoms with E-state index in [4.69, 9.17) is 9.47 Å². The van der Waals surface area contributed by atoms with Gasteiger partial charge >= 0.3 is 0 Å². The van der Waals surface area contributed by atoms with Crippen molar-refractivity contribution in [2.75, 3.05) is 37.9 Å². The van der Waals surface area contributed by atoms with Crippen LogP contribution in [0.5, 0.6) is 11.5 Å². The van der Waals surface area contributed by atoms with Gasteiger partial charge in [0.2, 0.25) is 12.7 Å². The molecule has 2 heterocycles. The van der Waals surface area contributed by atoms with E-state index in [1.54, 1.807) is 0 Å². The highest BCUT2D eigenvalue weighted by molar-refractivity contribution is 5.93. The van der Waals surface area contributed by atoms with Gasteiger partial charge in [-0.05, 0) is 80.4 Å². The molecule has 1 saturated heterocycles. The number of fused-ring (bicyclic) bond motifs is 1. The fraction of sp³-hybridized carbons (Fsp3) is 0.536. The molecule has 2 aromatic carbocycles. The van der Waals surface area contributed by atoms with E-state index < -0.39 is 0 Å². The number of amides is 1. The van der Waals surface area contributed by atoms with Gasteiger partial charge in [-0.2, -0.15) is 0 Å². The van der Waals surface area contributed by atoms with Gasteiger partial charge in [0.05, 0.1) is 0 Å². The third kappa shape index (κ3) is 5.52. The van der Waals surface area contributed by atoms with Crippen LogP contribution in [0.3, 0.4) is 0 Å². The molecule has 0 spiro atoms. The summed E-state index contributed by atoms with van der Waals surface area (Å²) in [5.41, 5.74) is 2.39. The van der Waals surface area contributed by atoms with E-state index in [9.17, 15) is 4.79 Å². The van der Waals surface area contributed by atoms with E-state index in [1.165, 1.54) is 37.7 Å². The molecular weight excluding hydrogens is 412 g/mol. The van der Waals surface area contributed by atoms with Crippen molar-refractivity contribution >= 4 is 11.6 Å². The summed E-state index contributed by atoms with van der Waals surface area (Å²) in [6, 6.07) is 16.6. The molecule has 2 aromatic rings. The van der Waals surface area contributed by atoms with Gasteiger partial charge in [0.25, 0.3) is 0 Å². The molecule has 0 N–H and O–H groups in total. The van der Waals surface area contributed by atoms with E-state index in [2.05, 4.69) is 29.2 Å². The molecule has 1 saturated carbocycles. The third-order valence-electron chi connectivity index (χ3n) is 7.65. The van der Waals surface area contributed by atoms with Crippen LogP contribution in [0.15, 0.2) is 48.5 Å². The number of piperidine rings is 1. The average Bonchev–Trinajstić information content (AvgIpc) is 3.34. The van der Waals surface area contributed by atoms with Crippen LogP contribution in [0.25, 0.3) is 0 Å². The Morgan fingerprint density at radius 2 is 1.67 bits per heavy atom. The zero-order chi connectivity index (χ0) is 22.5. The summed E-state index contributed by atoms with van der Waals surface area (Å²) in [5.74, 6) is 3.16. The summed E-state index contributed by atoms with van der Waals surface area (Å²) < 4.78 is 11.0. The van der Waals surface area contributed by atoms with Crippen LogP contribution >= 0.6 is 0 Å². The first-order valence-corrected chi connectivity index (χ1v) is 12.7. The van der Waals surface area contributed by atoms with Crippen molar-refractivity contribution in [3.05, 3.63) is 54.1 Å². The van der Waals surface area contributed by atoms with E-state index in [1.807, 2.05) is 29.2 Å². The van der Waals surface area contributed by atoms with Crippen molar-refractivity contribution in [2.45, 2.75) is 57.3 Å². The van der Waals surface area contributed by atoms with E-state index >= 15 is 0 Å². The molecule has 2 fully saturated rings. The molecule has 5 rings (SSSR count). The normalized spacial score (nSPS) is 19.5. The molecule has 2 aliphatic heterocycles. The summed E-state index contributed by atoms with van der Waals surface area (Å²) in [6.07, 6.45) is 9.28. The Kier molecular flexibility index (Phi) is 7.15. The number of nitrogens with zero attached hydrogens (tertiary/aromatic N) is 2. The first kappa shape index (κ1) is 22.3. The molecule has 33 heavy (non-hydrogen) atoms. The van der Waals surface area contributed by atoms with E-state index in [0.717, 1.165) is 56.2 Å². The highest BCUT2D eigenvalue weighted by Gasteiger charge is 2.25. The van der Waals surface area contributed by atoms with Gasteiger partial charge < -0.3 is 19.3 Å². The standard InChI is InChI=1S/C28H36N2O3/c31-28(19-22-7-3-1-4-8-22)30(25-9-5-2-6-10-25)18-17-29-15-13-23(14-16-29)24-11-12-26-27(20-24)33-21-32-26/h2,5-6,9-12,20,22-23H,1,3-4,7-8,13-19,21H2. The minimum absolute atomic E-state index is 0.295. The smallest absolute Gasteiger partial charge is 0.231 e. The number of carbonyl (C=O) groups is 1. The number of anilines is 1. The average molecular weight is 449 g/mol. The Morgan fingerprint density at radius 3 is 2.45 bits per heavy atom. The molecular formula is C28H36N2O3. The number of ether oxygens (including phenoxy) is 2. The lowest BCUT2D eigenvalue weighted by atomic mass is 9.86. The number of hydrogen-bond donors (Lipinski definition) is 0. The van der Waals surface area contributed by atoms with Crippen LogP contribution in [-0.4, -0.2) is 43.8 Å². The molecule has 1 amide bonds. The monoisotopic (exact) mass is 448 g/mol. The Morgan fingerprint density at radius 1 is 0.909 bits per heavy atom. The molecule has 5 nitrogen and oxygen atoms in total. The zero-order valence-electron chi connectivity index (χ0n) is 19.6. The minimum Gasteiger partial charge on any atom is -0.454 e. The maximum atomic E-state index is 13.3. The number of hydrogen-bond acceptors (Lipinski definition) is 4. The molecule has 0 aromatic heterocycles. The van der Waals surface area contributed by atoms with Crippen LogP contribution in [0.4, 0.5) is 5.69 Å². The minimum atomic E-state index is 0.295. The lowest BCUT2D eigenvalue weighted by molar-refractivity contribution is -0.119. The van der Waals surface area contributed by atoms with Gasteiger partial charge in [0.1, 0.15) is 0 Å². The van der Waals surface area contributed by atoms with Crippen molar-refractivity contribution in [2.24, 2.45) is 5.92 Å². The van der Waals surface area contributed by atoms with Gasteiger partial charge in [0.15, 0.2) is 11.5 Å². The van der Waals surface area contributed by atoms with Crippen molar-refractivity contribution < 1.29 is 14.3 Å². The Bertz CT molecular complexity index is 918. The summed E-state index contributed by atoms with van der Waals surface area (Å²) >= 11 is 0. The van der Waals surface area contributed by atoms with Gasteiger partial charge in [-0.15, -0.1) is 0 Å². The molecule has 0 radical (unpaired) electrons. The molecule has 0 unspecified atom stereocenters. The Hall–Kier alpha value is -2.53. The van der Waals surface area contributed by atoms with Gasteiger partial charge in [-0.1, -0.05) is 43.5 Å². The summed E-state index contributed by atoms with van der Waals surface area (Å²) in [5, 5.41) is 0. The van der Waals surface area contributed by atoms with Crippen molar-refractivity contribution in [1.82, 2.24) is 4.90 Å². The van der Waals surface area contributed by atoms with Crippen LogP contribution in [0.1, 0.15) is 62.8 Å². The second-order valence-corrected chi connectivity index (χ2v) is 9.82. The summed E-state index contributed by atoms with van der Waals surface area (Å²) in [7, 11) is 0. The van der Waals surface area contributed by atoms with Crippen LogP contribution in [0, 0.1) is 5.92 Å². The highest BCUT2D eigenvalue weighted by atomic mass is 16.7. The largest absolute Gasteiger partial charge is 0.454 e. The molecule has 0 atom stereocenters. The highest BCUT2D eigenvalue weighted by Crippen LogP contribution is 2.37. The predicted molar refractivity (Wildman–Crippen MR) is 131 cm³/mol. The molecule has 5 heteroatoms. The first-order chi connectivity index (χ1) is 16.3. The van der Waals surface area contributed by atoms with Crippen LogP contribution in [0.2, 0.25) is 0 Å². The van der Waals surface area contributed by atoms with Crippen LogP contribution in [-0.2, 0) is 4.79 Å². The van der Waals surface area contributed by atoms with Gasteiger partial charge in [-0.3, -0.25) is 4.79 Å². The number of carbonyl (C=O) groups excluding carboxylic acids is 1. The second-order valence-electron chi connectivity index (χ2n) is 9.82. The van der Waals surface area contributed by atoms with Crippen molar-refractivity contribution in [3.63, 3.8) is 0 Å². The maximum absolute atomic E-state index is 13.3. The lowest BCUT2D eigenvalue weighted by Gasteiger charge is -2.34. The lowest BCUT2D eigenvalue weighted by Crippen LogP contribution is -2.42. The molecule has 176 valence electrons. The second kappa shape index (κ2) is 10.6. The first-order valence-electron chi connectivity index (χ1n) is 12.7. The topological polar surface area (TPSA) is 42.0 Å². The van der Waals surface area contributed by atoms with E-state index in [-0.39, 0.29) is 0 Å². The van der Waals surface area contributed by atoms with Crippen molar-refractivity contribution in [3.8, 4) is 11.5 Å². The number of para-hydroxylation sites is 1. The Labute approximate surface area is 197 Å². The molecule has 0 bridgehead atoms. The fourth-order valence-electron chi connectivity index (χ4n) is 5.65. The number of rotatable bonds is 7. The maximum Gasteiger partial charge on any atom is 0.231 e. The quantitative estimate of drug-likeness (QED) is 0.553. The Balaban J connectivity index is 1.16. The fourth-order valence-corrected chi connectivity index (χ4v) is 5.65. The summed E-state index contributed by atoms with van der Waals surface area (Å²) in [6.45, 7) is 4.16. The summed E-state index contributed by atoms with van der Waals surface area (Å²) in [4.78, 5) is 17.9. The van der Waals surface area contributed by atoms with Gasteiger partial charge in [-0.25, -0.2) is 0 Å². The van der Waals surface area contributed by atoms with Crippen LogP contribution < -0.4 is 14.4 Å². The zero-order valence-corrected chi connectivity index (χ0v) is 19.6. The number of likely N-dealkylation sites (tertiary alicyclic amines) is 1. The van der Waals surface area contributed by atoms with Crippen molar-refractivity contribution in [1.29, 1.82) is 0 Å².